The van der Waals surface area contributed by atoms with Crippen molar-refractivity contribution in [2.45, 2.75) is 33.0 Å². The van der Waals surface area contributed by atoms with E-state index in [4.69, 9.17) is 11.6 Å². The fraction of sp³-hybridized carbons (Fsp3) is 0.300. The third-order valence-corrected chi connectivity index (χ3v) is 3.94. The van der Waals surface area contributed by atoms with Crippen molar-refractivity contribution in [3.63, 3.8) is 0 Å². The van der Waals surface area contributed by atoms with Crippen molar-refractivity contribution in [1.29, 1.82) is 0 Å². The summed E-state index contributed by atoms with van der Waals surface area (Å²) in [5.41, 5.74) is 2.96. The van der Waals surface area contributed by atoms with Gasteiger partial charge in [-0.1, -0.05) is 35.9 Å². The minimum atomic E-state index is -0.206. The number of hydrogen-bond acceptors (Lipinski definition) is 2. The van der Waals surface area contributed by atoms with Crippen LogP contribution in [-0.4, -0.2) is 25.1 Å². The zero-order chi connectivity index (χ0) is 19.6. The van der Waals surface area contributed by atoms with Crippen molar-refractivity contribution in [1.82, 2.24) is 16.0 Å². The molecule has 2 aromatic rings. The summed E-state index contributed by atoms with van der Waals surface area (Å²) in [4.78, 5) is 15.9. The Balaban J connectivity index is 0.00000392. The molecule has 2 rings (SSSR count). The van der Waals surface area contributed by atoms with Crippen LogP contribution >= 0.6 is 35.6 Å². The number of carbonyl (C=O) groups excluding carboxylic acids is 1. The normalized spacial score (nSPS) is 10.8. The molecule has 28 heavy (non-hydrogen) atoms. The number of rotatable bonds is 6. The summed E-state index contributed by atoms with van der Waals surface area (Å²) in [6.45, 7) is 5.12. The molecule has 0 atom stereocenters. The largest absolute Gasteiger partial charge is 0.352 e. The van der Waals surface area contributed by atoms with Crippen molar-refractivity contribution in [2.75, 3.05) is 12.4 Å². The first-order valence-electron chi connectivity index (χ1n) is 8.81. The summed E-state index contributed by atoms with van der Waals surface area (Å²) in [5.74, 6) is 0.712. The van der Waals surface area contributed by atoms with Gasteiger partial charge >= 0.3 is 6.03 Å². The van der Waals surface area contributed by atoms with Crippen molar-refractivity contribution in [2.24, 2.45) is 4.99 Å². The lowest BCUT2D eigenvalue weighted by atomic mass is 10.2. The minimum absolute atomic E-state index is 0. The molecule has 0 heterocycles. The molecule has 0 spiro atoms. The molecule has 0 fully saturated rings. The number of carbonyl (C=O) groups is 1. The molecule has 8 heteroatoms. The fourth-order valence-corrected chi connectivity index (χ4v) is 2.46. The van der Waals surface area contributed by atoms with Crippen LogP contribution in [0.5, 0.6) is 0 Å². The molecule has 2 aromatic carbocycles. The zero-order valence-electron chi connectivity index (χ0n) is 16.3. The maximum atomic E-state index is 11.7. The molecule has 0 bridgehead atoms. The molecule has 0 aliphatic carbocycles. The van der Waals surface area contributed by atoms with Gasteiger partial charge in [-0.3, -0.25) is 4.99 Å². The van der Waals surface area contributed by atoms with E-state index >= 15 is 0 Å². The van der Waals surface area contributed by atoms with Gasteiger partial charge in [0.25, 0.3) is 0 Å². The predicted molar refractivity (Wildman–Crippen MR) is 128 cm³/mol. The van der Waals surface area contributed by atoms with Gasteiger partial charge in [0.15, 0.2) is 5.96 Å². The van der Waals surface area contributed by atoms with Gasteiger partial charge in [-0.25, -0.2) is 4.79 Å². The van der Waals surface area contributed by atoms with Gasteiger partial charge < -0.3 is 21.3 Å². The second-order valence-electron chi connectivity index (χ2n) is 6.36. The van der Waals surface area contributed by atoms with E-state index in [1.165, 1.54) is 0 Å². The topological polar surface area (TPSA) is 77.6 Å². The molecular formula is C20H27ClIN5O. The van der Waals surface area contributed by atoms with Crippen LogP contribution in [0.25, 0.3) is 0 Å². The highest BCUT2D eigenvalue weighted by molar-refractivity contribution is 14.0. The highest BCUT2D eigenvalue weighted by Gasteiger charge is 2.04. The van der Waals surface area contributed by atoms with Crippen LogP contribution in [0.3, 0.4) is 0 Å². The van der Waals surface area contributed by atoms with Crippen LogP contribution in [-0.2, 0) is 13.1 Å². The van der Waals surface area contributed by atoms with Gasteiger partial charge in [-0.05, 0) is 49.2 Å². The summed E-state index contributed by atoms with van der Waals surface area (Å²) in [7, 11) is 1.73. The van der Waals surface area contributed by atoms with Gasteiger partial charge in [0.05, 0.1) is 0 Å². The highest BCUT2D eigenvalue weighted by atomic mass is 127. The first-order valence-corrected chi connectivity index (χ1v) is 9.19. The Morgan fingerprint density at radius 2 is 1.46 bits per heavy atom. The smallest absolute Gasteiger partial charge is 0.319 e. The van der Waals surface area contributed by atoms with E-state index in [9.17, 15) is 4.79 Å². The van der Waals surface area contributed by atoms with Gasteiger partial charge in [0.1, 0.15) is 0 Å². The first-order chi connectivity index (χ1) is 13.0. The maximum absolute atomic E-state index is 11.7. The van der Waals surface area contributed by atoms with Gasteiger partial charge in [-0.15, -0.1) is 24.0 Å². The van der Waals surface area contributed by atoms with Crippen molar-refractivity contribution < 1.29 is 4.79 Å². The van der Waals surface area contributed by atoms with E-state index in [0.717, 1.165) is 21.8 Å². The van der Waals surface area contributed by atoms with Crippen LogP contribution in [0.2, 0.25) is 5.02 Å². The van der Waals surface area contributed by atoms with Gasteiger partial charge in [0.2, 0.25) is 0 Å². The average molecular weight is 516 g/mol. The summed E-state index contributed by atoms with van der Waals surface area (Å²) < 4.78 is 0. The third kappa shape index (κ3) is 8.79. The molecule has 2 amide bonds. The Hall–Kier alpha value is -2.00. The molecule has 0 saturated heterocycles. The van der Waals surface area contributed by atoms with Gasteiger partial charge in [0, 0.05) is 36.9 Å². The molecule has 4 N–H and O–H groups in total. The molecule has 152 valence electrons. The van der Waals surface area contributed by atoms with Crippen molar-refractivity contribution in [3.05, 3.63) is 64.7 Å². The number of benzene rings is 2. The fourth-order valence-electron chi connectivity index (χ4n) is 2.33. The number of halogens is 2. The predicted octanol–water partition coefficient (Wildman–Crippen LogP) is 4.35. The lowest BCUT2D eigenvalue weighted by Gasteiger charge is -2.13. The molecule has 0 unspecified atom stereocenters. The molecule has 0 aliphatic heterocycles. The lowest BCUT2D eigenvalue weighted by molar-refractivity contribution is 0.250. The van der Waals surface area contributed by atoms with E-state index in [0.29, 0.717) is 19.0 Å². The van der Waals surface area contributed by atoms with E-state index in [1.54, 1.807) is 7.05 Å². The molecular weight excluding hydrogens is 489 g/mol. The zero-order valence-corrected chi connectivity index (χ0v) is 19.3. The Labute approximate surface area is 188 Å². The lowest BCUT2D eigenvalue weighted by Crippen LogP contribution is -2.36. The summed E-state index contributed by atoms with van der Waals surface area (Å²) in [6.07, 6.45) is 0. The van der Waals surface area contributed by atoms with Crippen LogP contribution in [0, 0.1) is 0 Å². The third-order valence-electron chi connectivity index (χ3n) is 3.69. The van der Waals surface area contributed by atoms with Crippen molar-refractivity contribution >= 4 is 53.3 Å². The number of urea groups is 1. The minimum Gasteiger partial charge on any atom is -0.352 e. The Morgan fingerprint density at radius 1 is 0.964 bits per heavy atom. The molecule has 0 saturated carbocycles. The highest BCUT2D eigenvalue weighted by Crippen LogP contribution is 2.10. The van der Waals surface area contributed by atoms with E-state index in [1.807, 2.05) is 62.4 Å². The Bertz CT molecular complexity index is 763. The summed E-state index contributed by atoms with van der Waals surface area (Å²) in [6, 6.07) is 15.3. The quantitative estimate of drug-likeness (QED) is 0.262. The number of anilines is 1. The first kappa shape index (κ1) is 24.0. The molecule has 6 nitrogen and oxygen atoms in total. The average Bonchev–Trinajstić information content (AvgIpc) is 2.64. The second-order valence-corrected chi connectivity index (χ2v) is 6.79. The Morgan fingerprint density at radius 3 is 1.93 bits per heavy atom. The number of aliphatic imine (C=N–C) groups is 1. The molecule has 0 aliphatic rings. The van der Waals surface area contributed by atoms with Gasteiger partial charge in [-0.2, -0.15) is 0 Å². The van der Waals surface area contributed by atoms with Crippen molar-refractivity contribution in [3.8, 4) is 0 Å². The summed E-state index contributed by atoms with van der Waals surface area (Å²) >= 11 is 5.90. The number of guanidine groups is 1. The SMILES string of the molecule is CN=C(NCc1ccc(Cl)cc1)NCc1ccc(NC(=O)NC(C)C)cc1.I. The van der Waals surface area contributed by atoms with E-state index in [2.05, 4.69) is 26.3 Å². The van der Waals surface area contributed by atoms with Crippen LogP contribution in [0.15, 0.2) is 53.5 Å². The summed E-state index contributed by atoms with van der Waals surface area (Å²) in [5, 5.41) is 12.8. The Kier molecular flexibility index (Phi) is 10.7. The standard InChI is InChI=1S/C20H26ClN5O.HI/c1-14(2)25-20(27)26-18-10-6-16(7-11-18)13-24-19(22-3)23-12-15-4-8-17(21)9-5-15;/h4-11,14H,12-13H2,1-3H3,(H2,22,23,24)(H2,25,26,27);1H. The van der Waals surface area contributed by atoms with Crippen LogP contribution in [0.1, 0.15) is 25.0 Å². The monoisotopic (exact) mass is 515 g/mol. The molecule has 0 radical (unpaired) electrons. The number of amides is 2. The number of nitrogens with one attached hydrogen (secondary N) is 4. The second kappa shape index (κ2) is 12.5. The number of hydrogen-bond donors (Lipinski definition) is 4. The van der Waals surface area contributed by atoms with Crippen LogP contribution in [0.4, 0.5) is 10.5 Å². The van der Waals surface area contributed by atoms with Crippen LogP contribution < -0.4 is 21.3 Å². The van der Waals surface area contributed by atoms with E-state index in [-0.39, 0.29) is 36.0 Å². The van der Waals surface area contributed by atoms with E-state index < -0.39 is 0 Å². The maximum Gasteiger partial charge on any atom is 0.319 e. The number of nitrogens with zero attached hydrogens (tertiary/aromatic N) is 1. The molecule has 0 aromatic heterocycles.